The Morgan fingerprint density at radius 3 is 2.15 bits per heavy atom. The van der Waals surface area contributed by atoms with Crippen LogP contribution in [0.15, 0.2) is 48.5 Å². The molecule has 2 N–H and O–H groups in total. The maximum absolute atomic E-state index is 11.9. The van der Waals surface area contributed by atoms with Crippen LogP contribution in [-0.2, 0) is 9.59 Å². The second-order valence-corrected chi connectivity index (χ2v) is 6.38. The molecule has 2 rings (SSSR count). The van der Waals surface area contributed by atoms with Crippen LogP contribution >= 0.6 is 0 Å². The van der Waals surface area contributed by atoms with Gasteiger partial charge in [-0.2, -0.15) is 0 Å². The fraction of sp³-hybridized carbons (Fsp3) is 0.333. The summed E-state index contributed by atoms with van der Waals surface area (Å²) in [6, 6.07) is 14.8. The van der Waals surface area contributed by atoms with Crippen LogP contribution in [0.25, 0.3) is 0 Å². The van der Waals surface area contributed by atoms with Crippen molar-refractivity contribution in [3.63, 3.8) is 0 Å². The predicted octanol–water partition coefficient (Wildman–Crippen LogP) is 3.34. The molecule has 0 unspecified atom stereocenters. The highest BCUT2D eigenvalue weighted by molar-refractivity contribution is 6.03. The Morgan fingerprint density at radius 2 is 1.56 bits per heavy atom. The second kappa shape index (κ2) is 10.2. The van der Waals surface area contributed by atoms with E-state index in [2.05, 4.69) is 24.5 Å². The number of rotatable bonds is 9. The van der Waals surface area contributed by atoms with E-state index in [-0.39, 0.29) is 18.2 Å². The van der Waals surface area contributed by atoms with Gasteiger partial charge in [-0.1, -0.05) is 26.0 Å². The molecule has 0 aliphatic rings. The van der Waals surface area contributed by atoms with E-state index in [4.69, 9.17) is 9.47 Å². The molecular weight excluding hydrogens is 344 g/mol. The number of carbonyl (C=O) groups excluding carboxylic acids is 2. The highest BCUT2D eigenvalue weighted by atomic mass is 16.5. The van der Waals surface area contributed by atoms with Crippen LogP contribution in [0.3, 0.4) is 0 Å². The van der Waals surface area contributed by atoms with Crippen molar-refractivity contribution in [3.05, 3.63) is 54.1 Å². The standard InChI is InChI=1S/C21H26N2O4/c1-15(2)16-4-6-17(7-5-16)23-21(25)14-20(24)22-12-13-27-19-10-8-18(26-3)9-11-19/h4-11,15H,12-14H2,1-3H3,(H,22,24)(H,23,25). The number of nitrogens with one attached hydrogen (secondary N) is 2. The number of amides is 2. The van der Waals surface area contributed by atoms with Crippen molar-refractivity contribution < 1.29 is 19.1 Å². The summed E-state index contributed by atoms with van der Waals surface area (Å²) in [4.78, 5) is 23.8. The van der Waals surface area contributed by atoms with Gasteiger partial charge >= 0.3 is 0 Å². The summed E-state index contributed by atoms with van der Waals surface area (Å²) in [7, 11) is 1.60. The van der Waals surface area contributed by atoms with Gasteiger partial charge in [-0.05, 0) is 47.9 Å². The fourth-order valence-electron chi connectivity index (χ4n) is 2.40. The first kappa shape index (κ1) is 20.3. The Morgan fingerprint density at radius 1 is 0.926 bits per heavy atom. The number of ether oxygens (including phenoxy) is 2. The zero-order valence-corrected chi connectivity index (χ0v) is 16.0. The first-order valence-electron chi connectivity index (χ1n) is 8.91. The molecule has 0 heterocycles. The van der Waals surface area contributed by atoms with E-state index in [1.807, 2.05) is 24.3 Å². The molecule has 0 aromatic heterocycles. The Bertz CT molecular complexity index is 740. The molecule has 0 spiro atoms. The predicted molar refractivity (Wildman–Crippen MR) is 105 cm³/mol. The molecule has 0 fully saturated rings. The number of anilines is 1. The summed E-state index contributed by atoms with van der Waals surface area (Å²) in [5.41, 5.74) is 1.88. The number of hydrogen-bond acceptors (Lipinski definition) is 4. The Kier molecular flexibility index (Phi) is 7.67. The van der Waals surface area contributed by atoms with Crippen LogP contribution in [0.1, 0.15) is 31.7 Å². The smallest absolute Gasteiger partial charge is 0.233 e. The molecule has 27 heavy (non-hydrogen) atoms. The van der Waals surface area contributed by atoms with E-state index >= 15 is 0 Å². The van der Waals surface area contributed by atoms with Crippen molar-refractivity contribution in [2.45, 2.75) is 26.2 Å². The SMILES string of the molecule is COc1ccc(OCCNC(=O)CC(=O)Nc2ccc(C(C)C)cc2)cc1. The van der Waals surface area contributed by atoms with Gasteiger partial charge in [0.05, 0.1) is 13.7 Å². The third-order valence-electron chi connectivity index (χ3n) is 3.93. The highest BCUT2D eigenvalue weighted by Crippen LogP contribution is 2.17. The zero-order valence-electron chi connectivity index (χ0n) is 16.0. The Labute approximate surface area is 159 Å². The fourth-order valence-corrected chi connectivity index (χ4v) is 2.40. The van der Waals surface area contributed by atoms with Gasteiger partial charge in [0.1, 0.15) is 24.5 Å². The topological polar surface area (TPSA) is 76.7 Å². The van der Waals surface area contributed by atoms with Crippen LogP contribution in [0.5, 0.6) is 11.5 Å². The normalized spacial score (nSPS) is 10.4. The minimum Gasteiger partial charge on any atom is -0.497 e. The van der Waals surface area contributed by atoms with Crippen molar-refractivity contribution in [2.24, 2.45) is 0 Å². The summed E-state index contributed by atoms with van der Waals surface area (Å²) in [6.45, 7) is 4.85. The number of benzene rings is 2. The average Bonchev–Trinajstić information content (AvgIpc) is 2.66. The van der Waals surface area contributed by atoms with E-state index in [0.717, 1.165) is 5.75 Å². The molecule has 0 atom stereocenters. The summed E-state index contributed by atoms with van der Waals surface area (Å²) >= 11 is 0. The number of hydrogen-bond donors (Lipinski definition) is 2. The Balaban J connectivity index is 1.66. The maximum atomic E-state index is 11.9. The lowest BCUT2D eigenvalue weighted by Crippen LogP contribution is -2.31. The Hall–Kier alpha value is -3.02. The third kappa shape index (κ3) is 7.01. The first-order valence-corrected chi connectivity index (χ1v) is 8.91. The molecule has 0 aliphatic heterocycles. The van der Waals surface area contributed by atoms with Crippen molar-refractivity contribution >= 4 is 17.5 Å². The van der Waals surface area contributed by atoms with Crippen molar-refractivity contribution in [3.8, 4) is 11.5 Å². The first-order chi connectivity index (χ1) is 13.0. The lowest BCUT2D eigenvalue weighted by molar-refractivity contribution is -0.126. The van der Waals surface area contributed by atoms with Gasteiger partial charge in [0.2, 0.25) is 11.8 Å². The molecule has 2 amide bonds. The quantitative estimate of drug-likeness (QED) is 0.524. The molecule has 0 saturated carbocycles. The van der Waals surface area contributed by atoms with Gasteiger partial charge in [-0.25, -0.2) is 0 Å². The van der Waals surface area contributed by atoms with Gasteiger partial charge in [-0.3, -0.25) is 9.59 Å². The van der Waals surface area contributed by atoms with Gasteiger partial charge in [-0.15, -0.1) is 0 Å². The molecule has 2 aromatic rings. The summed E-state index contributed by atoms with van der Waals surface area (Å²) in [5, 5.41) is 5.39. The average molecular weight is 370 g/mol. The molecule has 2 aromatic carbocycles. The van der Waals surface area contributed by atoms with Gasteiger partial charge in [0.15, 0.2) is 0 Å². The summed E-state index contributed by atoms with van der Waals surface area (Å²) in [6.07, 6.45) is -0.228. The van der Waals surface area contributed by atoms with Crippen molar-refractivity contribution in [2.75, 3.05) is 25.6 Å². The molecule has 0 saturated heterocycles. The van der Waals surface area contributed by atoms with Crippen LogP contribution < -0.4 is 20.1 Å². The van der Waals surface area contributed by atoms with E-state index in [1.165, 1.54) is 5.56 Å². The van der Waals surface area contributed by atoms with Gasteiger partial charge in [0.25, 0.3) is 0 Å². The van der Waals surface area contributed by atoms with E-state index in [1.54, 1.807) is 31.4 Å². The van der Waals surface area contributed by atoms with Crippen molar-refractivity contribution in [1.82, 2.24) is 5.32 Å². The number of methoxy groups -OCH3 is 1. The van der Waals surface area contributed by atoms with E-state index in [9.17, 15) is 9.59 Å². The molecule has 0 radical (unpaired) electrons. The minimum atomic E-state index is -0.346. The largest absolute Gasteiger partial charge is 0.497 e. The molecule has 6 nitrogen and oxygen atoms in total. The van der Waals surface area contributed by atoms with Gasteiger partial charge in [0, 0.05) is 5.69 Å². The lowest BCUT2D eigenvalue weighted by atomic mass is 10.0. The van der Waals surface area contributed by atoms with Crippen molar-refractivity contribution in [1.29, 1.82) is 0 Å². The lowest BCUT2D eigenvalue weighted by Gasteiger charge is -2.10. The third-order valence-corrected chi connectivity index (χ3v) is 3.93. The molecule has 0 aliphatic carbocycles. The number of carbonyl (C=O) groups is 2. The van der Waals surface area contributed by atoms with E-state index < -0.39 is 0 Å². The van der Waals surface area contributed by atoms with Crippen LogP contribution in [0.4, 0.5) is 5.69 Å². The molecular formula is C21H26N2O4. The van der Waals surface area contributed by atoms with Crippen LogP contribution in [0, 0.1) is 0 Å². The molecule has 144 valence electrons. The summed E-state index contributed by atoms with van der Waals surface area (Å²) in [5.74, 6) is 1.18. The minimum absolute atomic E-state index is 0.228. The highest BCUT2D eigenvalue weighted by Gasteiger charge is 2.09. The second-order valence-electron chi connectivity index (χ2n) is 6.38. The zero-order chi connectivity index (χ0) is 19.6. The molecule has 6 heteroatoms. The van der Waals surface area contributed by atoms with Gasteiger partial charge < -0.3 is 20.1 Å². The van der Waals surface area contributed by atoms with Crippen LogP contribution in [0.2, 0.25) is 0 Å². The monoisotopic (exact) mass is 370 g/mol. The van der Waals surface area contributed by atoms with Crippen LogP contribution in [-0.4, -0.2) is 32.1 Å². The molecule has 0 bridgehead atoms. The van der Waals surface area contributed by atoms with E-state index in [0.29, 0.717) is 30.5 Å². The summed E-state index contributed by atoms with van der Waals surface area (Å²) < 4.78 is 10.6. The maximum Gasteiger partial charge on any atom is 0.233 e.